The number of unbranched alkanes of at least 4 members (excludes halogenated alkanes) is 1. The maximum absolute atomic E-state index is 13.0. The number of aromatic nitrogens is 2. The highest BCUT2D eigenvalue weighted by Crippen LogP contribution is 2.34. The summed E-state index contributed by atoms with van der Waals surface area (Å²) in [6, 6.07) is 6.38. The number of nitrogens with zero attached hydrogens (tertiary/aromatic N) is 2. The van der Waals surface area contributed by atoms with Crippen molar-refractivity contribution in [2.75, 3.05) is 13.1 Å². The second kappa shape index (κ2) is 8.67. The molecule has 2 heterocycles. The van der Waals surface area contributed by atoms with Crippen LogP contribution in [0.2, 0.25) is 0 Å². The Morgan fingerprint density at radius 2 is 1.89 bits per heavy atom. The highest BCUT2D eigenvalue weighted by atomic mass is 16.2. The Hall–Kier alpha value is -1.84. The Kier molecular flexibility index (Phi) is 6.03. The predicted molar refractivity (Wildman–Crippen MR) is 114 cm³/mol. The predicted octanol–water partition coefficient (Wildman–Crippen LogP) is 5.57. The largest absolute Gasteiger partial charge is 0.342 e. The summed E-state index contributed by atoms with van der Waals surface area (Å²) in [5.41, 5.74) is 3.44. The Morgan fingerprint density at radius 3 is 2.61 bits per heavy atom. The number of benzene rings is 1. The van der Waals surface area contributed by atoms with Gasteiger partial charge >= 0.3 is 0 Å². The zero-order valence-corrected chi connectivity index (χ0v) is 17.5. The Labute approximate surface area is 169 Å². The number of hydrogen-bond acceptors (Lipinski definition) is 2. The molecule has 1 saturated carbocycles. The summed E-state index contributed by atoms with van der Waals surface area (Å²) in [5, 5.41) is 0. The van der Waals surface area contributed by atoms with E-state index in [9.17, 15) is 4.79 Å². The van der Waals surface area contributed by atoms with Gasteiger partial charge in [0.05, 0.1) is 11.0 Å². The lowest BCUT2D eigenvalue weighted by atomic mass is 9.79. The van der Waals surface area contributed by atoms with Crippen LogP contribution < -0.4 is 0 Å². The van der Waals surface area contributed by atoms with Crippen molar-refractivity contribution in [1.29, 1.82) is 0 Å². The van der Waals surface area contributed by atoms with Crippen molar-refractivity contribution in [2.24, 2.45) is 11.8 Å². The molecule has 0 bridgehead atoms. The van der Waals surface area contributed by atoms with Crippen molar-refractivity contribution < 1.29 is 4.79 Å². The highest BCUT2D eigenvalue weighted by Gasteiger charge is 2.32. The number of imidazole rings is 1. The molecule has 4 nitrogen and oxygen atoms in total. The summed E-state index contributed by atoms with van der Waals surface area (Å²) in [4.78, 5) is 23.5. The van der Waals surface area contributed by atoms with Crippen molar-refractivity contribution >= 4 is 16.9 Å². The van der Waals surface area contributed by atoms with Crippen LogP contribution in [0.25, 0.3) is 11.0 Å². The van der Waals surface area contributed by atoms with E-state index >= 15 is 0 Å². The molecule has 4 rings (SSSR count). The van der Waals surface area contributed by atoms with Crippen LogP contribution in [-0.4, -0.2) is 33.9 Å². The first-order valence-corrected chi connectivity index (χ1v) is 11.4. The zero-order chi connectivity index (χ0) is 19.5. The summed E-state index contributed by atoms with van der Waals surface area (Å²) in [6.07, 6.45) is 10.8. The minimum Gasteiger partial charge on any atom is -0.342 e. The van der Waals surface area contributed by atoms with Crippen LogP contribution >= 0.6 is 0 Å². The second-order valence-corrected chi connectivity index (χ2v) is 9.10. The summed E-state index contributed by atoms with van der Waals surface area (Å²) < 4.78 is 0. The lowest BCUT2D eigenvalue weighted by Gasteiger charge is -2.36. The second-order valence-electron chi connectivity index (χ2n) is 9.10. The molecular weight excluding hydrogens is 346 g/mol. The van der Waals surface area contributed by atoms with Gasteiger partial charge in [-0.15, -0.1) is 0 Å². The fraction of sp³-hybridized carbons (Fsp3) is 0.667. The minimum atomic E-state index is 0.281. The molecule has 1 aromatic heterocycles. The number of nitrogens with one attached hydrogen (secondary N) is 1. The number of likely N-dealkylation sites (tertiary alicyclic amines) is 1. The number of H-pyrrole nitrogens is 1. The van der Waals surface area contributed by atoms with E-state index in [4.69, 9.17) is 4.98 Å². The number of amides is 1. The molecule has 1 aromatic carbocycles. The van der Waals surface area contributed by atoms with Gasteiger partial charge in [0.2, 0.25) is 5.91 Å². The van der Waals surface area contributed by atoms with Crippen molar-refractivity contribution in [2.45, 2.75) is 77.6 Å². The van der Waals surface area contributed by atoms with Gasteiger partial charge < -0.3 is 9.88 Å². The van der Waals surface area contributed by atoms with E-state index in [0.29, 0.717) is 11.8 Å². The Bertz CT molecular complexity index is 795. The first-order valence-electron chi connectivity index (χ1n) is 11.4. The summed E-state index contributed by atoms with van der Waals surface area (Å²) in [6.45, 7) is 6.15. The van der Waals surface area contributed by atoms with Gasteiger partial charge in [-0.2, -0.15) is 0 Å². The Balaban J connectivity index is 1.29. The average molecular weight is 382 g/mol. The fourth-order valence-corrected chi connectivity index (χ4v) is 5.16. The molecule has 2 aliphatic rings. The minimum absolute atomic E-state index is 0.281. The first-order chi connectivity index (χ1) is 13.6. The number of aromatic amines is 1. The van der Waals surface area contributed by atoms with Crippen LogP contribution in [0.4, 0.5) is 0 Å². The van der Waals surface area contributed by atoms with Crippen LogP contribution in [-0.2, 0) is 4.79 Å². The summed E-state index contributed by atoms with van der Waals surface area (Å²) >= 11 is 0. The molecular formula is C24H35N3O. The van der Waals surface area contributed by atoms with Gasteiger partial charge in [0.15, 0.2) is 0 Å². The van der Waals surface area contributed by atoms with Crippen molar-refractivity contribution in [3.63, 3.8) is 0 Å². The molecule has 0 radical (unpaired) electrons. The molecule has 152 valence electrons. The number of aryl methyl sites for hydroxylation is 1. The van der Waals surface area contributed by atoms with Crippen LogP contribution in [0.15, 0.2) is 18.2 Å². The first kappa shape index (κ1) is 19.5. The quantitative estimate of drug-likeness (QED) is 0.735. The standard InChI is InChI=1S/C24H35N3O/c1-3-4-5-18-7-9-20(10-8-18)24(28)27-14-12-19(13-15-27)23-25-21-11-6-17(2)16-22(21)26-23/h6,11,16,18-20H,3-5,7-10,12-15H2,1-2H3,(H,25,26). The molecule has 1 amide bonds. The fourth-order valence-electron chi connectivity index (χ4n) is 5.16. The van der Waals surface area contributed by atoms with Crippen LogP contribution in [0.5, 0.6) is 0 Å². The zero-order valence-electron chi connectivity index (χ0n) is 17.5. The van der Waals surface area contributed by atoms with Gasteiger partial charge in [-0.25, -0.2) is 4.98 Å². The molecule has 0 spiro atoms. The van der Waals surface area contributed by atoms with E-state index in [1.165, 1.54) is 37.7 Å². The summed E-state index contributed by atoms with van der Waals surface area (Å²) in [5.74, 6) is 3.12. The molecule has 1 aliphatic carbocycles. The van der Waals surface area contributed by atoms with E-state index in [0.717, 1.165) is 61.5 Å². The van der Waals surface area contributed by atoms with E-state index in [1.54, 1.807) is 0 Å². The number of piperidine rings is 1. The van der Waals surface area contributed by atoms with Crippen LogP contribution in [0, 0.1) is 18.8 Å². The van der Waals surface area contributed by atoms with Gasteiger partial charge in [-0.1, -0.05) is 32.3 Å². The molecule has 4 heteroatoms. The number of rotatable bonds is 5. The Morgan fingerprint density at radius 1 is 1.14 bits per heavy atom. The van der Waals surface area contributed by atoms with E-state index in [1.807, 2.05) is 0 Å². The van der Waals surface area contributed by atoms with Gasteiger partial charge in [0, 0.05) is 24.9 Å². The van der Waals surface area contributed by atoms with Gasteiger partial charge in [0.25, 0.3) is 0 Å². The number of fused-ring (bicyclic) bond motifs is 1. The van der Waals surface area contributed by atoms with Crippen LogP contribution in [0.1, 0.15) is 82.0 Å². The van der Waals surface area contributed by atoms with Crippen molar-refractivity contribution in [1.82, 2.24) is 14.9 Å². The lowest BCUT2D eigenvalue weighted by Crippen LogP contribution is -2.42. The number of carbonyl (C=O) groups excluding carboxylic acids is 1. The van der Waals surface area contributed by atoms with Gasteiger partial charge in [-0.3, -0.25) is 4.79 Å². The maximum Gasteiger partial charge on any atom is 0.225 e. The number of carbonyl (C=O) groups is 1. The van der Waals surface area contributed by atoms with E-state index in [-0.39, 0.29) is 5.92 Å². The molecule has 0 unspecified atom stereocenters. The monoisotopic (exact) mass is 381 g/mol. The third-order valence-corrected chi connectivity index (χ3v) is 7.01. The topological polar surface area (TPSA) is 49.0 Å². The van der Waals surface area contributed by atoms with Gasteiger partial charge in [0.1, 0.15) is 5.82 Å². The molecule has 1 aliphatic heterocycles. The maximum atomic E-state index is 13.0. The van der Waals surface area contributed by atoms with E-state index < -0.39 is 0 Å². The lowest BCUT2D eigenvalue weighted by molar-refractivity contribution is -0.138. The smallest absolute Gasteiger partial charge is 0.225 e. The van der Waals surface area contributed by atoms with Crippen LogP contribution in [0.3, 0.4) is 0 Å². The molecule has 1 N–H and O–H groups in total. The third kappa shape index (κ3) is 4.26. The van der Waals surface area contributed by atoms with E-state index in [2.05, 4.69) is 41.9 Å². The SMILES string of the molecule is CCCCC1CCC(C(=O)N2CCC(c3nc4ccc(C)cc4[nH]3)CC2)CC1. The molecule has 1 saturated heterocycles. The van der Waals surface area contributed by atoms with Crippen molar-refractivity contribution in [3.8, 4) is 0 Å². The number of hydrogen-bond donors (Lipinski definition) is 1. The van der Waals surface area contributed by atoms with Gasteiger partial charge in [-0.05, 0) is 69.1 Å². The normalized spacial score (nSPS) is 24.0. The molecule has 0 atom stereocenters. The molecule has 28 heavy (non-hydrogen) atoms. The molecule has 2 fully saturated rings. The average Bonchev–Trinajstić information content (AvgIpc) is 3.15. The van der Waals surface area contributed by atoms with Crippen molar-refractivity contribution in [3.05, 3.63) is 29.6 Å². The highest BCUT2D eigenvalue weighted by molar-refractivity contribution is 5.79. The summed E-state index contributed by atoms with van der Waals surface area (Å²) in [7, 11) is 0. The third-order valence-electron chi connectivity index (χ3n) is 7.01. The molecule has 2 aromatic rings.